The molecule has 1 aliphatic rings. The van der Waals surface area contributed by atoms with Crippen molar-refractivity contribution in [2.75, 3.05) is 7.11 Å². The highest BCUT2D eigenvalue weighted by Crippen LogP contribution is 2.26. The van der Waals surface area contributed by atoms with Gasteiger partial charge in [0.25, 0.3) is 0 Å². The summed E-state index contributed by atoms with van der Waals surface area (Å²) in [5.41, 5.74) is 0.741. The normalized spacial score (nSPS) is 16.5. The smallest absolute Gasteiger partial charge is 0.242 e. The van der Waals surface area contributed by atoms with Gasteiger partial charge in [0.15, 0.2) is 0 Å². The zero-order valence-corrected chi connectivity index (χ0v) is 14.5. The van der Waals surface area contributed by atoms with Crippen molar-refractivity contribution >= 4 is 11.8 Å². The lowest BCUT2D eigenvalue weighted by molar-refractivity contribution is -0.131. The molecule has 2 N–H and O–H groups in total. The van der Waals surface area contributed by atoms with Crippen molar-refractivity contribution in [3.05, 3.63) is 48.2 Å². The molecule has 1 saturated heterocycles. The van der Waals surface area contributed by atoms with Gasteiger partial charge in [-0.05, 0) is 31.0 Å². The number of rotatable bonds is 6. The van der Waals surface area contributed by atoms with E-state index >= 15 is 0 Å². The summed E-state index contributed by atoms with van der Waals surface area (Å²) in [5.74, 6) is 1.40. The number of ether oxygens (including phenoxy) is 2. The minimum absolute atomic E-state index is 0.0835. The van der Waals surface area contributed by atoms with Gasteiger partial charge in [-0.2, -0.15) is 0 Å². The van der Waals surface area contributed by atoms with Crippen molar-refractivity contribution in [3.8, 4) is 17.4 Å². The molecule has 26 heavy (non-hydrogen) atoms. The standard InChI is InChI=1S/C19H21N3O4/c1-25-14-6-2-7-15(11-14)26-19-13(5-4-10-20-19)12-21-18(24)16-8-3-9-17(23)22-16/h2,4-7,10-11,16H,3,8-9,12H2,1H3,(H,21,24)(H,22,23)/t16-/m1/s1. The van der Waals surface area contributed by atoms with Crippen LogP contribution in [0, 0.1) is 0 Å². The van der Waals surface area contributed by atoms with Gasteiger partial charge in [0.05, 0.1) is 7.11 Å². The SMILES string of the molecule is COc1cccc(Oc2ncccc2CNC(=O)[C@H]2CCCC(=O)N2)c1. The lowest BCUT2D eigenvalue weighted by atomic mass is 10.0. The molecule has 0 spiro atoms. The van der Waals surface area contributed by atoms with Crippen LogP contribution in [0.2, 0.25) is 0 Å². The molecule has 2 aromatic rings. The Morgan fingerprint density at radius 3 is 2.96 bits per heavy atom. The van der Waals surface area contributed by atoms with E-state index in [-0.39, 0.29) is 18.4 Å². The van der Waals surface area contributed by atoms with Crippen LogP contribution in [-0.2, 0) is 16.1 Å². The van der Waals surface area contributed by atoms with Gasteiger partial charge in [0.1, 0.15) is 17.5 Å². The van der Waals surface area contributed by atoms with Crippen LogP contribution in [-0.4, -0.2) is 29.9 Å². The number of aromatic nitrogens is 1. The number of benzene rings is 1. The van der Waals surface area contributed by atoms with Crippen LogP contribution in [0.5, 0.6) is 17.4 Å². The summed E-state index contributed by atoms with van der Waals surface area (Å²) in [5, 5.41) is 5.55. The molecule has 0 radical (unpaired) electrons. The van der Waals surface area contributed by atoms with E-state index in [0.717, 1.165) is 12.0 Å². The van der Waals surface area contributed by atoms with Crippen molar-refractivity contribution in [2.24, 2.45) is 0 Å². The molecule has 1 atom stereocenters. The zero-order valence-electron chi connectivity index (χ0n) is 14.5. The fourth-order valence-electron chi connectivity index (χ4n) is 2.73. The highest BCUT2D eigenvalue weighted by atomic mass is 16.5. The fourth-order valence-corrected chi connectivity index (χ4v) is 2.73. The van der Waals surface area contributed by atoms with Crippen LogP contribution in [0.1, 0.15) is 24.8 Å². The van der Waals surface area contributed by atoms with Crippen LogP contribution < -0.4 is 20.1 Å². The molecule has 2 amide bonds. The van der Waals surface area contributed by atoms with Gasteiger partial charge in [-0.3, -0.25) is 9.59 Å². The number of carbonyl (C=O) groups excluding carboxylic acids is 2. The average Bonchev–Trinajstić information content (AvgIpc) is 2.67. The molecule has 0 aliphatic carbocycles. The Labute approximate surface area is 151 Å². The number of nitrogens with zero attached hydrogens (tertiary/aromatic N) is 1. The minimum Gasteiger partial charge on any atom is -0.497 e. The monoisotopic (exact) mass is 355 g/mol. The maximum Gasteiger partial charge on any atom is 0.242 e. The molecule has 1 aliphatic heterocycles. The third kappa shape index (κ3) is 4.50. The van der Waals surface area contributed by atoms with E-state index in [2.05, 4.69) is 15.6 Å². The number of piperidine rings is 1. The van der Waals surface area contributed by atoms with Gasteiger partial charge in [0, 0.05) is 30.8 Å². The molecule has 136 valence electrons. The molecular formula is C19H21N3O4. The molecule has 2 heterocycles. The minimum atomic E-state index is -0.476. The molecule has 1 aromatic carbocycles. The van der Waals surface area contributed by atoms with Crippen molar-refractivity contribution in [1.29, 1.82) is 0 Å². The quantitative estimate of drug-likeness (QED) is 0.829. The molecular weight excluding hydrogens is 334 g/mol. The average molecular weight is 355 g/mol. The predicted molar refractivity (Wildman–Crippen MR) is 94.9 cm³/mol. The maximum absolute atomic E-state index is 12.3. The van der Waals surface area contributed by atoms with Crippen molar-refractivity contribution in [2.45, 2.75) is 31.8 Å². The van der Waals surface area contributed by atoms with Gasteiger partial charge >= 0.3 is 0 Å². The molecule has 3 rings (SSSR count). The highest BCUT2D eigenvalue weighted by molar-refractivity contribution is 5.88. The van der Waals surface area contributed by atoms with Crippen molar-refractivity contribution in [1.82, 2.24) is 15.6 Å². The Bertz CT molecular complexity index is 794. The second kappa shape index (κ2) is 8.33. The van der Waals surface area contributed by atoms with E-state index in [1.165, 1.54) is 0 Å². The van der Waals surface area contributed by atoms with Crippen LogP contribution in [0.4, 0.5) is 0 Å². The first kappa shape index (κ1) is 17.7. The van der Waals surface area contributed by atoms with Crippen LogP contribution in [0.25, 0.3) is 0 Å². The Morgan fingerprint density at radius 1 is 1.31 bits per heavy atom. The number of nitrogens with one attached hydrogen (secondary N) is 2. The van der Waals surface area contributed by atoms with E-state index in [1.54, 1.807) is 31.5 Å². The fraction of sp³-hybridized carbons (Fsp3) is 0.316. The number of pyridine rings is 1. The lowest BCUT2D eigenvalue weighted by Crippen LogP contribution is -2.48. The molecule has 0 unspecified atom stereocenters. The van der Waals surface area contributed by atoms with E-state index in [9.17, 15) is 9.59 Å². The zero-order chi connectivity index (χ0) is 18.4. The summed E-state index contributed by atoms with van der Waals surface area (Å²) in [6.45, 7) is 0.262. The van der Waals surface area contributed by atoms with E-state index in [1.807, 2.05) is 18.2 Å². The van der Waals surface area contributed by atoms with E-state index < -0.39 is 6.04 Å². The summed E-state index contributed by atoms with van der Waals surface area (Å²) >= 11 is 0. The third-order valence-electron chi connectivity index (χ3n) is 4.11. The molecule has 7 nitrogen and oxygen atoms in total. The van der Waals surface area contributed by atoms with E-state index in [0.29, 0.717) is 30.2 Å². The number of methoxy groups -OCH3 is 1. The number of hydrogen-bond donors (Lipinski definition) is 2. The first-order valence-corrected chi connectivity index (χ1v) is 8.48. The molecule has 0 saturated carbocycles. The molecule has 0 bridgehead atoms. The first-order chi connectivity index (χ1) is 12.7. The van der Waals surface area contributed by atoms with Gasteiger partial charge in [0.2, 0.25) is 17.7 Å². The van der Waals surface area contributed by atoms with Gasteiger partial charge in [-0.15, -0.1) is 0 Å². The van der Waals surface area contributed by atoms with Gasteiger partial charge in [-0.25, -0.2) is 4.98 Å². The first-order valence-electron chi connectivity index (χ1n) is 8.48. The second-order valence-corrected chi connectivity index (χ2v) is 5.98. The summed E-state index contributed by atoms with van der Waals surface area (Å²) in [6.07, 6.45) is 3.48. The van der Waals surface area contributed by atoms with Crippen molar-refractivity contribution < 1.29 is 19.1 Å². The Balaban J connectivity index is 1.65. The van der Waals surface area contributed by atoms with E-state index in [4.69, 9.17) is 9.47 Å². The third-order valence-corrected chi connectivity index (χ3v) is 4.11. The lowest BCUT2D eigenvalue weighted by Gasteiger charge is -2.22. The molecule has 7 heteroatoms. The summed E-state index contributed by atoms with van der Waals surface area (Å²) < 4.78 is 11.0. The second-order valence-electron chi connectivity index (χ2n) is 5.98. The largest absolute Gasteiger partial charge is 0.497 e. The van der Waals surface area contributed by atoms with Crippen LogP contribution in [0.3, 0.4) is 0 Å². The van der Waals surface area contributed by atoms with Gasteiger partial charge < -0.3 is 20.1 Å². The Hall–Kier alpha value is -3.09. The highest BCUT2D eigenvalue weighted by Gasteiger charge is 2.24. The number of amides is 2. The van der Waals surface area contributed by atoms with Crippen LogP contribution in [0.15, 0.2) is 42.6 Å². The summed E-state index contributed by atoms with van der Waals surface area (Å²) in [7, 11) is 1.59. The predicted octanol–water partition coefficient (Wildman–Crippen LogP) is 2.17. The maximum atomic E-state index is 12.3. The molecule has 1 fully saturated rings. The van der Waals surface area contributed by atoms with Crippen molar-refractivity contribution in [3.63, 3.8) is 0 Å². The topological polar surface area (TPSA) is 89.6 Å². The summed E-state index contributed by atoms with van der Waals surface area (Å²) in [6, 6.07) is 10.3. The molecule has 1 aromatic heterocycles. The van der Waals surface area contributed by atoms with Crippen LogP contribution >= 0.6 is 0 Å². The number of hydrogen-bond acceptors (Lipinski definition) is 5. The Morgan fingerprint density at radius 2 is 2.15 bits per heavy atom. The Kier molecular flexibility index (Phi) is 5.68. The number of carbonyl (C=O) groups is 2. The van der Waals surface area contributed by atoms with Gasteiger partial charge in [-0.1, -0.05) is 12.1 Å². The summed E-state index contributed by atoms with van der Waals surface area (Å²) in [4.78, 5) is 27.9.